The normalized spacial score (nSPS) is 12.7. The number of hydrogen-bond acceptors (Lipinski definition) is 4. The number of hydrogen-bond donors (Lipinski definition) is 2. The molecule has 0 aliphatic heterocycles. The summed E-state index contributed by atoms with van der Waals surface area (Å²) >= 11 is 1.59. The number of benzene rings is 2. The second-order valence-corrected chi connectivity index (χ2v) is 5.54. The molecule has 1 atom stereocenters. The molecule has 0 saturated heterocycles. The van der Waals surface area contributed by atoms with Crippen LogP contribution in [-0.4, -0.2) is 4.98 Å². The van der Waals surface area contributed by atoms with Crippen LogP contribution in [0.3, 0.4) is 0 Å². The number of aromatic nitrogens is 1. The fourth-order valence-electron chi connectivity index (χ4n) is 2.39. The zero-order chi connectivity index (χ0) is 13.9. The van der Waals surface area contributed by atoms with Gasteiger partial charge in [0.25, 0.3) is 0 Å². The highest BCUT2D eigenvalue weighted by atomic mass is 32.1. The summed E-state index contributed by atoms with van der Waals surface area (Å²) in [6, 6.07) is 10.7. The number of nitrogens with zero attached hydrogens (tertiary/aromatic N) is 1. The summed E-state index contributed by atoms with van der Waals surface area (Å²) in [6.07, 6.45) is 2.57. The Balaban J connectivity index is 2.05. The van der Waals surface area contributed by atoms with Gasteiger partial charge in [0, 0.05) is 22.9 Å². The van der Waals surface area contributed by atoms with E-state index in [1.54, 1.807) is 29.0 Å². The van der Waals surface area contributed by atoms with Gasteiger partial charge in [-0.15, -0.1) is 11.3 Å². The minimum atomic E-state index is -0.210. The molecule has 2 aromatic carbocycles. The Bertz CT molecular complexity index is 712. The summed E-state index contributed by atoms with van der Waals surface area (Å²) in [4.78, 5) is 5.21. The first kappa shape index (κ1) is 13.2. The van der Waals surface area contributed by atoms with E-state index in [2.05, 4.69) is 10.4 Å². The van der Waals surface area contributed by atoms with Crippen LogP contribution in [0.2, 0.25) is 0 Å². The van der Waals surface area contributed by atoms with Gasteiger partial charge >= 0.3 is 0 Å². The van der Waals surface area contributed by atoms with Crippen molar-refractivity contribution in [1.82, 2.24) is 10.4 Å². The number of thiazole rings is 1. The summed E-state index contributed by atoms with van der Waals surface area (Å²) in [7, 11) is 0. The minimum absolute atomic E-state index is 0.0686. The fraction of sp³-hybridized carbons (Fsp3) is 0.133. The molecule has 0 spiro atoms. The molecule has 3 nitrogen and oxygen atoms in total. The SMILES string of the molecule is NNC(Cc1cncs1)c1ccc(F)c2ccccc12. The van der Waals surface area contributed by atoms with E-state index in [-0.39, 0.29) is 11.9 Å². The van der Waals surface area contributed by atoms with E-state index in [1.165, 1.54) is 6.07 Å². The van der Waals surface area contributed by atoms with E-state index in [0.29, 0.717) is 5.39 Å². The van der Waals surface area contributed by atoms with E-state index >= 15 is 0 Å². The highest BCUT2D eigenvalue weighted by Crippen LogP contribution is 2.28. The van der Waals surface area contributed by atoms with Crippen LogP contribution in [0, 0.1) is 5.82 Å². The lowest BCUT2D eigenvalue weighted by molar-refractivity contribution is 0.557. The summed E-state index contributed by atoms with van der Waals surface area (Å²) in [5, 5.41) is 1.51. The molecule has 0 aliphatic carbocycles. The van der Waals surface area contributed by atoms with E-state index in [4.69, 9.17) is 5.84 Å². The number of fused-ring (bicyclic) bond motifs is 1. The Labute approximate surface area is 120 Å². The fourth-order valence-corrected chi connectivity index (χ4v) is 3.03. The smallest absolute Gasteiger partial charge is 0.131 e. The summed E-state index contributed by atoms with van der Waals surface area (Å²) < 4.78 is 13.9. The Morgan fingerprint density at radius 3 is 2.70 bits per heavy atom. The standard InChI is InChI=1S/C15H14FN3S/c16-14-6-5-13(11-3-1-2-4-12(11)14)15(19-17)7-10-8-18-9-20-10/h1-6,8-9,15,19H,7,17H2. The molecule has 3 aromatic rings. The third-order valence-electron chi connectivity index (χ3n) is 3.37. The molecule has 0 amide bonds. The van der Waals surface area contributed by atoms with Gasteiger partial charge in [-0.05, 0) is 17.0 Å². The van der Waals surface area contributed by atoms with Crippen LogP contribution in [0.25, 0.3) is 10.8 Å². The summed E-state index contributed by atoms with van der Waals surface area (Å²) in [5.74, 6) is 5.48. The first-order valence-corrected chi connectivity index (χ1v) is 7.18. The quantitative estimate of drug-likeness (QED) is 0.572. The minimum Gasteiger partial charge on any atom is -0.271 e. The molecular weight excluding hydrogens is 273 g/mol. The summed E-state index contributed by atoms with van der Waals surface area (Å²) in [6.45, 7) is 0. The third-order valence-corrected chi connectivity index (χ3v) is 4.17. The van der Waals surface area contributed by atoms with E-state index in [9.17, 15) is 4.39 Å². The average molecular weight is 287 g/mol. The lowest BCUT2D eigenvalue weighted by Gasteiger charge is -2.18. The van der Waals surface area contributed by atoms with Crippen LogP contribution < -0.4 is 11.3 Å². The van der Waals surface area contributed by atoms with Gasteiger partial charge in [-0.3, -0.25) is 16.3 Å². The zero-order valence-electron chi connectivity index (χ0n) is 10.7. The van der Waals surface area contributed by atoms with Crippen LogP contribution in [0.1, 0.15) is 16.5 Å². The van der Waals surface area contributed by atoms with Crippen LogP contribution in [0.5, 0.6) is 0 Å². The summed E-state index contributed by atoms with van der Waals surface area (Å²) in [5.41, 5.74) is 5.62. The third kappa shape index (κ3) is 2.43. The Hall–Kier alpha value is -1.82. The van der Waals surface area contributed by atoms with E-state index < -0.39 is 0 Å². The van der Waals surface area contributed by atoms with E-state index in [0.717, 1.165) is 22.2 Å². The van der Waals surface area contributed by atoms with Crippen molar-refractivity contribution in [2.45, 2.75) is 12.5 Å². The highest BCUT2D eigenvalue weighted by Gasteiger charge is 2.15. The Morgan fingerprint density at radius 2 is 2.00 bits per heavy atom. The largest absolute Gasteiger partial charge is 0.271 e. The molecule has 102 valence electrons. The molecule has 1 heterocycles. The molecule has 0 fully saturated rings. The van der Waals surface area contributed by atoms with Gasteiger partial charge in [0.15, 0.2) is 0 Å². The molecule has 0 aliphatic rings. The molecule has 5 heteroatoms. The van der Waals surface area contributed by atoms with Crippen molar-refractivity contribution in [2.75, 3.05) is 0 Å². The van der Waals surface area contributed by atoms with Gasteiger partial charge in [0.2, 0.25) is 0 Å². The second-order valence-electron chi connectivity index (χ2n) is 4.57. The Morgan fingerprint density at radius 1 is 1.20 bits per heavy atom. The molecule has 0 bridgehead atoms. The van der Waals surface area contributed by atoms with Crippen molar-refractivity contribution in [3.05, 3.63) is 64.4 Å². The zero-order valence-corrected chi connectivity index (χ0v) is 11.5. The van der Waals surface area contributed by atoms with Crippen molar-refractivity contribution >= 4 is 22.1 Å². The topological polar surface area (TPSA) is 50.9 Å². The maximum absolute atomic E-state index is 13.9. The number of hydrazine groups is 1. The number of nitrogens with one attached hydrogen (secondary N) is 1. The van der Waals surface area contributed by atoms with Crippen LogP contribution >= 0.6 is 11.3 Å². The first-order valence-electron chi connectivity index (χ1n) is 6.30. The molecule has 1 aromatic heterocycles. The van der Waals surface area contributed by atoms with Crippen molar-refractivity contribution in [3.8, 4) is 0 Å². The molecule has 3 rings (SSSR count). The molecule has 3 N–H and O–H groups in total. The maximum atomic E-state index is 13.9. The van der Waals surface area contributed by atoms with Crippen molar-refractivity contribution in [1.29, 1.82) is 0 Å². The molecule has 1 unspecified atom stereocenters. The number of rotatable bonds is 4. The predicted octanol–water partition coefficient (Wildman–Crippen LogP) is 3.18. The monoisotopic (exact) mass is 287 g/mol. The lowest BCUT2D eigenvalue weighted by atomic mass is 9.96. The van der Waals surface area contributed by atoms with Gasteiger partial charge in [0.05, 0.1) is 11.6 Å². The predicted molar refractivity (Wildman–Crippen MR) is 79.8 cm³/mol. The lowest BCUT2D eigenvalue weighted by Crippen LogP contribution is -2.29. The second kappa shape index (κ2) is 5.66. The van der Waals surface area contributed by atoms with Gasteiger partial charge in [-0.1, -0.05) is 30.3 Å². The van der Waals surface area contributed by atoms with Crippen molar-refractivity contribution < 1.29 is 4.39 Å². The molecule has 20 heavy (non-hydrogen) atoms. The van der Waals surface area contributed by atoms with Crippen LogP contribution in [-0.2, 0) is 6.42 Å². The van der Waals surface area contributed by atoms with Crippen LogP contribution in [0.15, 0.2) is 48.1 Å². The first-order chi connectivity index (χ1) is 9.79. The molecule has 0 radical (unpaired) electrons. The maximum Gasteiger partial charge on any atom is 0.131 e. The van der Waals surface area contributed by atoms with Crippen molar-refractivity contribution in [2.24, 2.45) is 5.84 Å². The highest BCUT2D eigenvalue weighted by molar-refractivity contribution is 7.09. The number of nitrogens with two attached hydrogens (primary N) is 1. The molecular formula is C15H14FN3S. The van der Waals surface area contributed by atoms with Crippen molar-refractivity contribution in [3.63, 3.8) is 0 Å². The Kier molecular flexibility index (Phi) is 3.73. The van der Waals surface area contributed by atoms with Crippen LogP contribution in [0.4, 0.5) is 4.39 Å². The van der Waals surface area contributed by atoms with Gasteiger partial charge < -0.3 is 0 Å². The number of halogens is 1. The van der Waals surface area contributed by atoms with Gasteiger partial charge in [-0.25, -0.2) is 4.39 Å². The van der Waals surface area contributed by atoms with Gasteiger partial charge in [0.1, 0.15) is 5.82 Å². The molecule has 0 saturated carbocycles. The van der Waals surface area contributed by atoms with E-state index in [1.807, 2.05) is 24.4 Å². The average Bonchev–Trinajstić information content (AvgIpc) is 2.99. The van der Waals surface area contributed by atoms with Gasteiger partial charge in [-0.2, -0.15) is 0 Å².